The monoisotopic (exact) mass is 692 g/mol. The van der Waals surface area contributed by atoms with Gasteiger partial charge in [-0.3, -0.25) is 9.69 Å². The summed E-state index contributed by atoms with van der Waals surface area (Å²) < 4.78 is 52.4. The molecule has 0 saturated carbocycles. The van der Waals surface area contributed by atoms with Gasteiger partial charge < -0.3 is 24.2 Å². The van der Waals surface area contributed by atoms with Gasteiger partial charge in [-0.25, -0.2) is 0 Å². The van der Waals surface area contributed by atoms with Gasteiger partial charge >= 0.3 is 12.1 Å². The minimum absolute atomic E-state index is 0.230. The zero-order valence-electron chi connectivity index (χ0n) is 28.2. The first-order chi connectivity index (χ1) is 23.6. The molecule has 0 bridgehead atoms. The Bertz CT molecular complexity index is 1760. The summed E-state index contributed by atoms with van der Waals surface area (Å²) in [5.74, 6) is 0.0598. The molecule has 2 aliphatic rings. The molecule has 1 saturated heterocycles. The minimum Gasteiger partial charge on any atom is -0.491 e. The number of piperazine rings is 1. The van der Waals surface area contributed by atoms with E-state index in [1.165, 1.54) is 23.9 Å². The second-order valence-corrected chi connectivity index (χ2v) is 14.0. The summed E-state index contributed by atoms with van der Waals surface area (Å²) >= 11 is 1.52. The van der Waals surface area contributed by atoms with Crippen LogP contribution >= 0.6 is 11.8 Å². The molecular formula is C38H43F3N4O3S. The first-order valence-corrected chi connectivity index (χ1v) is 17.6. The summed E-state index contributed by atoms with van der Waals surface area (Å²) in [5.41, 5.74) is 1.90. The van der Waals surface area contributed by atoms with Gasteiger partial charge in [-0.2, -0.15) is 13.2 Å². The molecule has 2 aliphatic heterocycles. The van der Waals surface area contributed by atoms with Crippen LogP contribution in [-0.2, 0) is 15.7 Å². The van der Waals surface area contributed by atoms with Gasteiger partial charge in [0.2, 0.25) is 0 Å². The Kier molecular flexibility index (Phi) is 10.9. The highest BCUT2D eigenvalue weighted by Gasteiger charge is 2.33. The van der Waals surface area contributed by atoms with Gasteiger partial charge in [0, 0.05) is 63.2 Å². The van der Waals surface area contributed by atoms with Crippen molar-refractivity contribution >= 4 is 45.6 Å². The lowest BCUT2D eigenvalue weighted by molar-refractivity contribution is -0.149. The number of hydrogen-bond acceptors (Lipinski definition) is 8. The van der Waals surface area contributed by atoms with E-state index in [1.54, 1.807) is 6.07 Å². The third-order valence-electron chi connectivity index (χ3n) is 9.13. The smallest absolute Gasteiger partial charge is 0.416 e. The number of nitrogens with zero attached hydrogens (tertiary/aromatic N) is 4. The molecule has 1 fully saturated rings. The van der Waals surface area contributed by atoms with E-state index in [0.717, 1.165) is 76.8 Å². The number of halogens is 3. The molecule has 0 spiro atoms. The van der Waals surface area contributed by atoms with Crippen molar-refractivity contribution in [2.24, 2.45) is 5.92 Å². The molecule has 2 heterocycles. The summed E-state index contributed by atoms with van der Waals surface area (Å²) in [5, 5.41) is 2.21. The van der Waals surface area contributed by atoms with E-state index in [9.17, 15) is 18.0 Å². The van der Waals surface area contributed by atoms with E-state index >= 15 is 0 Å². The first-order valence-electron chi connectivity index (χ1n) is 16.8. The summed E-state index contributed by atoms with van der Waals surface area (Å²) in [4.78, 5) is 23.4. The maximum atomic E-state index is 13.6. The molecule has 11 heteroatoms. The van der Waals surface area contributed by atoms with Crippen LogP contribution in [0.3, 0.4) is 0 Å². The molecule has 260 valence electrons. The number of fused-ring (bicyclic) bond motifs is 3. The summed E-state index contributed by atoms with van der Waals surface area (Å²) in [6.45, 7) is 8.05. The van der Waals surface area contributed by atoms with Gasteiger partial charge in [0.1, 0.15) is 19.0 Å². The number of ether oxygens (including phenoxy) is 2. The number of rotatable bonds is 12. The quantitative estimate of drug-likeness (QED) is 0.140. The molecule has 0 aromatic heterocycles. The maximum absolute atomic E-state index is 13.6. The predicted octanol–water partition coefficient (Wildman–Crippen LogP) is 7.79. The summed E-state index contributed by atoms with van der Waals surface area (Å²) in [7, 11) is 3.95. The third kappa shape index (κ3) is 8.45. The minimum atomic E-state index is -4.39. The van der Waals surface area contributed by atoms with Gasteiger partial charge in [0.15, 0.2) is 0 Å². The van der Waals surface area contributed by atoms with Crippen molar-refractivity contribution in [1.29, 1.82) is 0 Å². The molecular weight excluding hydrogens is 650 g/mol. The number of carbonyl (C=O) groups excluding carboxylic acids is 1. The van der Waals surface area contributed by atoms with Crippen molar-refractivity contribution < 1.29 is 27.4 Å². The van der Waals surface area contributed by atoms with Crippen LogP contribution in [0.2, 0.25) is 0 Å². The second-order valence-electron chi connectivity index (χ2n) is 12.9. The Morgan fingerprint density at radius 1 is 0.837 bits per heavy atom. The van der Waals surface area contributed by atoms with Gasteiger partial charge in [-0.05, 0) is 73.1 Å². The molecule has 4 aromatic rings. The lowest BCUT2D eigenvalue weighted by Crippen LogP contribution is -2.47. The zero-order valence-corrected chi connectivity index (χ0v) is 29.0. The van der Waals surface area contributed by atoms with Crippen LogP contribution in [0.25, 0.3) is 10.8 Å². The van der Waals surface area contributed by atoms with Crippen molar-refractivity contribution in [2.75, 3.05) is 82.9 Å². The van der Waals surface area contributed by atoms with Gasteiger partial charge in [-0.1, -0.05) is 48.2 Å². The average Bonchev–Trinajstić information content (AvgIpc) is 3.09. The predicted molar refractivity (Wildman–Crippen MR) is 190 cm³/mol. The Morgan fingerprint density at radius 2 is 1.49 bits per heavy atom. The van der Waals surface area contributed by atoms with Gasteiger partial charge in [-0.15, -0.1) is 0 Å². The highest BCUT2D eigenvalue weighted by molar-refractivity contribution is 7.99. The molecule has 0 aliphatic carbocycles. The Hall–Kier alpha value is -3.93. The topological polar surface area (TPSA) is 48.5 Å². The highest BCUT2D eigenvalue weighted by atomic mass is 32.2. The highest BCUT2D eigenvalue weighted by Crippen LogP contribution is 2.49. The van der Waals surface area contributed by atoms with E-state index in [-0.39, 0.29) is 12.6 Å². The van der Waals surface area contributed by atoms with Gasteiger partial charge in [0.25, 0.3) is 0 Å². The van der Waals surface area contributed by atoms with Crippen LogP contribution in [0.5, 0.6) is 5.75 Å². The summed E-state index contributed by atoms with van der Waals surface area (Å²) in [6, 6.07) is 24.2. The number of esters is 1. The third-order valence-corrected chi connectivity index (χ3v) is 10.3. The first kappa shape index (κ1) is 34.9. The molecule has 6 rings (SSSR count). The molecule has 4 aromatic carbocycles. The summed E-state index contributed by atoms with van der Waals surface area (Å²) in [6.07, 6.45) is -3.57. The Labute approximate surface area is 290 Å². The number of benzene rings is 4. The van der Waals surface area contributed by atoms with Crippen LogP contribution in [0.4, 0.5) is 30.2 Å². The molecule has 1 atom stereocenters. The van der Waals surface area contributed by atoms with Crippen LogP contribution < -0.4 is 14.5 Å². The van der Waals surface area contributed by atoms with Crippen molar-refractivity contribution in [3.8, 4) is 5.75 Å². The van der Waals surface area contributed by atoms with Crippen LogP contribution in [-0.4, -0.2) is 88.9 Å². The van der Waals surface area contributed by atoms with E-state index in [4.69, 9.17) is 9.47 Å². The Morgan fingerprint density at radius 3 is 2.20 bits per heavy atom. The fourth-order valence-electron chi connectivity index (χ4n) is 6.31. The second kappa shape index (κ2) is 15.3. The average molecular weight is 693 g/mol. The number of alkyl halides is 3. The lowest BCUT2D eigenvalue weighted by Gasteiger charge is -2.36. The Balaban J connectivity index is 0.931. The number of carbonyl (C=O) groups is 1. The van der Waals surface area contributed by atoms with E-state index in [1.807, 2.05) is 79.3 Å². The molecule has 49 heavy (non-hydrogen) atoms. The van der Waals surface area contributed by atoms with Crippen molar-refractivity contribution in [3.63, 3.8) is 0 Å². The zero-order chi connectivity index (χ0) is 34.5. The molecule has 0 radical (unpaired) electrons. The van der Waals surface area contributed by atoms with Crippen LogP contribution in [0, 0.1) is 5.92 Å². The lowest BCUT2D eigenvalue weighted by atomic mass is 10.1. The number of hydrogen-bond donors (Lipinski definition) is 0. The van der Waals surface area contributed by atoms with Crippen LogP contribution in [0.15, 0.2) is 88.7 Å². The van der Waals surface area contributed by atoms with Crippen molar-refractivity contribution in [2.45, 2.75) is 29.3 Å². The molecule has 0 N–H and O–H groups in total. The SMILES string of the molecule is CC(COc1cc2ccccc2cc1N(C)C)C(=O)OCCN1CCN(CCCN2c3ccccc3Sc3ccc(C(F)(F)F)cc32)CC1. The van der Waals surface area contributed by atoms with Crippen molar-refractivity contribution in [3.05, 3.63) is 84.4 Å². The normalized spacial score (nSPS) is 15.8. The van der Waals surface area contributed by atoms with Gasteiger partial charge in [0.05, 0.1) is 28.5 Å². The number of para-hydroxylation sites is 1. The fourth-order valence-corrected chi connectivity index (χ4v) is 7.38. The molecule has 0 amide bonds. The van der Waals surface area contributed by atoms with E-state index in [2.05, 4.69) is 21.9 Å². The van der Waals surface area contributed by atoms with Crippen molar-refractivity contribution in [1.82, 2.24) is 9.80 Å². The standard InChI is InChI=1S/C38H43F3N4O3S/c1-27(26-48-34-24-29-10-5-4-9-28(29)23-32(34)42(2)3)37(46)47-22-21-44-19-17-43(18-20-44)15-8-16-45-31-11-6-7-12-35(31)49-36-14-13-30(25-33(36)45)38(39,40)41/h4-7,9-14,23-25,27H,8,15-22,26H2,1-3H3. The van der Waals surface area contributed by atoms with Crippen LogP contribution in [0.1, 0.15) is 18.9 Å². The molecule has 1 unspecified atom stereocenters. The fraction of sp³-hybridized carbons (Fsp3) is 0.395. The largest absolute Gasteiger partial charge is 0.491 e. The molecule has 7 nitrogen and oxygen atoms in total. The number of anilines is 3. The maximum Gasteiger partial charge on any atom is 0.416 e. The van der Waals surface area contributed by atoms with E-state index in [0.29, 0.717) is 25.4 Å². The van der Waals surface area contributed by atoms with E-state index < -0.39 is 17.7 Å².